The fourth-order valence-electron chi connectivity index (χ4n) is 5.70. The van der Waals surface area contributed by atoms with E-state index in [4.69, 9.17) is 4.74 Å². The molecule has 2 aliphatic carbocycles. The third-order valence-electron chi connectivity index (χ3n) is 7.35. The SMILES string of the molecule is Cc1ccc(C)c(C(=O)COC(=O)c2cccc(N3C(=O)C4C5CC(C(Br)C5Br)C4C3=O)c2)c1. The van der Waals surface area contributed by atoms with Crippen molar-refractivity contribution in [2.24, 2.45) is 23.7 Å². The minimum absolute atomic E-state index is 0.116. The average Bonchev–Trinajstić information content (AvgIpc) is 3.43. The predicted molar refractivity (Wildman–Crippen MR) is 133 cm³/mol. The molecule has 0 N–H and O–H groups in total. The summed E-state index contributed by atoms with van der Waals surface area (Å²) in [5.41, 5.74) is 2.82. The summed E-state index contributed by atoms with van der Waals surface area (Å²) in [6.45, 7) is 3.34. The number of benzene rings is 2. The van der Waals surface area contributed by atoms with Crippen LogP contribution in [0.1, 0.15) is 38.3 Å². The van der Waals surface area contributed by atoms with Gasteiger partial charge in [0.05, 0.1) is 23.1 Å². The lowest BCUT2D eigenvalue weighted by Gasteiger charge is -2.28. The number of rotatable bonds is 5. The van der Waals surface area contributed by atoms with Crippen molar-refractivity contribution in [3.8, 4) is 0 Å². The second-order valence-corrected chi connectivity index (χ2v) is 11.5. The lowest BCUT2D eigenvalue weighted by molar-refractivity contribution is -0.123. The number of nitrogens with zero attached hydrogens (tertiary/aromatic N) is 1. The molecule has 3 fully saturated rings. The van der Waals surface area contributed by atoms with E-state index in [-0.39, 0.29) is 63.1 Å². The number of ether oxygens (including phenoxy) is 1. The number of halogens is 2. The average molecular weight is 589 g/mol. The van der Waals surface area contributed by atoms with Gasteiger partial charge in [0.15, 0.2) is 6.61 Å². The number of aryl methyl sites for hydroxylation is 2. The highest BCUT2D eigenvalue weighted by molar-refractivity contribution is 9.12. The number of esters is 1. The summed E-state index contributed by atoms with van der Waals surface area (Å²) >= 11 is 7.38. The van der Waals surface area contributed by atoms with Crippen LogP contribution in [0.15, 0.2) is 42.5 Å². The molecule has 1 saturated heterocycles. The number of ketones is 1. The molecule has 2 bridgehead atoms. The molecule has 176 valence electrons. The smallest absolute Gasteiger partial charge is 0.338 e. The molecule has 1 heterocycles. The summed E-state index contributed by atoms with van der Waals surface area (Å²) in [6.07, 6.45) is 0.854. The van der Waals surface area contributed by atoms with E-state index in [2.05, 4.69) is 31.9 Å². The Hall–Kier alpha value is -2.32. The molecule has 6 unspecified atom stereocenters. The lowest BCUT2D eigenvalue weighted by atomic mass is 9.81. The Morgan fingerprint density at radius 2 is 1.62 bits per heavy atom. The van der Waals surface area contributed by atoms with Crippen LogP contribution >= 0.6 is 31.9 Å². The van der Waals surface area contributed by atoms with Gasteiger partial charge in [-0.15, -0.1) is 0 Å². The van der Waals surface area contributed by atoms with Crippen LogP contribution in [0.2, 0.25) is 0 Å². The van der Waals surface area contributed by atoms with Gasteiger partial charge in [-0.1, -0.05) is 55.6 Å². The second kappa shape index (κ2) is 8.72. The van der Waals surface area contributed by atoms with Crippen LogP contribution in [0.4, 0.5) is 5.69 Å². The molecule has 0 aromatic heterocycles. The monoisotopic (exact) mass is 587 g/mol. The highest BCUT2D eigenvalue weighted by Crippen LogP contribution is 2.60. The highest BCUT2D eigenvalue weighted by Gasteiger charge is 2.66. The van der Waals surface area contributed by atoms with Gasteiger partial charge in [-0.25, -0.2) is 4.79 Å². The number of amides is 2. The number of hydrogen-bond donors (Lipinski definition) is 0. The molecule has 2 aromatic carbocycles. The molecule has 2 saturated carbocycles. The maximum absolute atomic E-state index is 13.3. The number of anilines is 1. The molecular formula is C26H23Br2NO5. The molecule has 2 amide bonds. The van der Waals surface area contributed by atoms with Crippen molar-refractivity contribution in [2.75, 3.05) is 11.5 Å². The molecule has 8 heteroatoms. The van der Waals surface area contributed by atoms with Crippen LogP contribution in [-0.2, 0) is 14.3 Å². The summed E-state index contributed by atoms with van der Waals surface area (Å²) in [4.78, 5) is 53.3. The Kier molecular flexibility index (Phi) is 6.01. The van der Waals surface area contributed by atoms with Crippen molar-refractivity contribution in [3.63, 3.8) is 0 Å². The summed E-state index contributed by atoms with van der Waals surface area (Å²) in [5.74, 6) is -1.81. The van der Waals surface area contributed by atoms with E-state index < -0.39 is 5.97 Å². The maximum atomic E-state index is 13.3. The van der Waals surface area contributed by atoms with E-state index in [9.17, 15) is 19.2 Å². The van der Waals surface area contributed by atoms with Gasteiger partial charge < -0.3 is 4.74 Å². The first-order chi connectivity index (χ1) is 16.2. The molecular weight excluding hydrogens is 566 g/mol. The first-order valence-electron chi connectivity index (χ1n) is 11.2. The molecule has 1 aliphatic heterocycles. The predicted octanol–water partition coefficient (Wildman–Crippen LogP) is 4.63. The molecule has 0 spiro atoms. The fraction of sp³-hybridized carbons (Fsp3) is 0.385. The zero-order valence-corrected chi connectivity index (χ0v) is 21.8. The van der Waals surface area contributed by atoms with Gasteiger partial charge in [-0.2, -0.15) is 0 Å². The summed E-state index contributed by atoms with van der Waals surface area (Å²) < 4.78 is 5.27. The van der Waals surface area contributed by atoms with E-state index in [0.29, 0.717) is 11.3 Å². The lowest BCUT2D eigenvalue weighted by Crippen LogP contribution is -2.37. The molecule has 5 rings (SSSR count). The number of alkyl halides is 2. The van der Waals surface area contributed by atoms with Crippen molar-refractivity contribution >= 4 is 61.1 Å². The third-order valence-corrected chi connectivity index (χ3v) is 10.6. The van der Waals surface area contributed by atoms with E-state index >= 15 is 0 Å². The summed E-state index contributed by atoms with van der Waals surface area (Å²) in [5, 5.41) is 0. The number of Topliss-reactive ketones (excluding diaryl/α,β-unsaturated/α-hetero) is 1. The van der Waals surface area contributed by atoms with Crippen molar-refractivity contribution < 1.29 is 23.9 Å². The number of hydrogen-bond acceptors (Lipinski definition) is 5. The molecule has 2 aromatic rings. The van der Waals surface area contributed by atoms with Crippen molar-refractivity contribution in [3.05, 3.63) is 64.7 Å². The Bertz CT molecular complexity index is 1200. The number of imide groups is 1. The Morgan fingerprint density at radius 3 is 2.26 bits per heavy atom. The Balaban J connectivity index is 1.32. The first-order valence-corrected chi connectivity index (χ1v) is 13.1. The third kappa shape index (κ3) is 3.66. The summed E-state index contributed by atoms with van der Waals surface area (Å²) in [6, 6.07) is 11.8. The summed E-state index contributed by atoms with van der Waals surface area (Å²) in [7, 11) is 0. The van der Waals surface area contributed by atoms with Gasteiger partial charge >= 0.3 is 5.97 Å². The van der Waals surface area contributed by atoms with E-state index in [1.807, 2.05) is 26.0 Å². The zero-order chi connectivity index (χ0) is 24.3. The Labute approximate surface area is 214 Å². The van der Waals surface area contributed by atoms with Gasteiger partial charge in [0, 0.05) is 15.2 Å². The molecule has 3 aliphatic rings. The number of fused-ring (bicyclic) bond motifs is 5. The maximum Gasteiger partial charge on any atom is 0.338 e. The quantitative estimate of drug-likeness (QED) is 0.220. The van der Waals surface area contributed by atoms with Gasteiger partial charge in [-0.05, 0) is 61.9 Å². The van der Waals surface area contributed by atoms with Gasteiger partial charge in [0.2, 0.25) is 17.6 Å². The van der Waals surface area contributed by atoms with Crippen LogP contribution in [0.25, 0.3) is 0 Å². The van der Waals surface area contributed by atoms with Crippen LogP contribution in [-0.4, -0.2) is 39.8 Å². The fourth-order valence-corrected chi connectivity index (χ4v) is 7.58. The molecule has 34 heavy (non-hydrogen) atoms. The standard InChI is InChI=1S/C26H23Br2NO5/c1-12-6-7-13(2)16(8-12)19(30)11-34-26(33)14-4-3-5-15(9-14)29-24(31)20-17-10-18(21(20)25(29)32)23(28)22(17)27/h3-9,17-18,20-23H,10-11H2,1-2H3. The topological polar surface area (TPSA) is 80.8 Å². The second-order valence-electron chi connectivity index (χ2n) is 9.38. The number of carbonyl (C=O) groups excluding carboxylic acids is 4. The largest absolute Gasteiger partial charge is 0.454 e. The van der Waals surface area contributed by atoms with Crippen molar-refractivity contribution in [1.82, 2.24) is 0 Å². The first kappa shape index (κ1) is 23.4. The normalized spacial score (nSPS) is 29.5. The minimum atomic E-state index is -0.680. The van der Waals surface area contributed by atoms with E-state index in [0.717, 1.165) is 17.5 Å². The van der Waals surface area contributed by atoms with Crippen LogP contribution in [0.3, 0.4) is 0 Å². The van der Waals surface area contributed by atoms with Gasteiger partial charge in [0.1, 0.15) is 0 Å². The van der Waals surface area contributed by atoms with Crippen molar-refractivity contribution in [1.29, 1.82) is 0 Å². The molecule has 6 atom stereocenters. The minimum Gasteiger partial charge on any atom is -0.454 e. The van der Waals surface area contributed by atoms with E-state index in [1.54, 1.807) is 24.3 Å². The van der Waals surface area contributed by atoms with Crippen LogP contribution in [0, 0.1) is 37.5 Å². The molecule has 0 radical (unpaired) electrons. The van der Waals surface area contributed by atoms with Gasteiger partial charge in [-0.3, -0.25) is 19.3 Å². The zero-order valence-electron chi connectivity index (χ0n) is 18.7. The van der Waals surface area contributed by atoms with Crippen LogP contribution in [0.5, 0.6) is 0 Å². The van der Waals surface area contributed by atoms with E-state index in [1.165, 1.54) is 11.0 Å². The number of carbonyl (C=O) groups is 4. The Morgan fingerprint density at radius 1 is 0.971 bits per heavy atom. The molecule has 6 nitrogen and oxygen atoms in total. The highest BCUT2D eigenvalue weighted by atomic mass is 79.9. The van der Waals surface area contributed by atoms with Crippen LogP contribution < -0.4 is 4.90 Å². The van der Waals surface area contributed by atoms with Gasteiger partial charge in [0.25, 0.3) is 0 Å². The van der Waals surface area contributed by atoms with Crippen molar-refractivity contribution in [2.45, 2.75) is 29.9 Å².